The zero-order chi connectivity index (χ0) is 8.39. The molecule has 1 atom stereocenters. The second-order valence-corrected chi connectivity index (χ2v) is 3.66. The lowest BCUT2D eigenvalue weighted by atomic mass is 10.1. The first-order valence-electron chi connectivity index (χ1n) is 4.91. The highest BCUT2D eigenvalue weighted by Gasteiger charge is 2.28. The summed E-state index contributed by atoms with van der Waals surface area (Å²) in [6, 6.07) is 0. The zero-order valence-electron chi connectivity index (χ0n) is 7.38. The first-order valence-corrected chi connectivity index (χ1v) is 4.91. The van der Waals surface area contributed by atoms with Crippen LogP contribution in [0.15, 0.2) is 0 Å². The highest BCUT2D eigenvalue weighted by molar-refractivity contribution is 5.78. The first kappa shape index (κ1) is 8.05. The summed E-state index contributed by atoms with van der Waals surface area (Å²) in [5.41, 5.74) is 0. The number of rotatable bonds is 1. The number of carbonyl (C=O) groups excluding carboxylic acids is 1. The summed E-state index contributed by atoms with van der Waals surface area (Å²) < 4.78 is 0. The van der Waals surface area contributed by atoms with Crippen molar-refractivity contribution in [1.29, 1.82) is 0 Å². The van der Waals surface area contributed by atoms with E-state index in [-0.39, 0.29) is 0 Å². The maximum Gasteiger partial charge on any atom is 0.223 e. The van der Waals surface area contributed by atoms with Gasteiger partial charge < -0.3 is 4.90 Å². The van der Waals surface area contributed by atoms with Crippen LogP contribution in [0.3, 0.4) is 0 Å². The van der Waals surface area contributed by atoms with Gasteiger partial charge in [-0.15, -0.1) is 0 Å². The van der Waals surface area contributed by atoms with Crippen LogP contribution in [0.2, 0.25) is 0 Å². The predicted molar refractivity (Wildman–Crippen MR) is 46.6 cm³/mol. The summed E-state index contributed by atoms with van der Waals surface area (Å²) in [4.78, 5) is 13.4. The van der Waals surface area contributed by atoms with Gasteiger partial charge in [-0.05, 0) is 32.2 Å². The van der Waals surface area contributed by atoms with E-state index < -0.39 is 0 Å². The highest BCUT2D eigenvalue weighted by Crippen LogP contribution is 2.17. The lowest BCUT2D eigenvalue weighted by Gasteiger charge is -2.31. The second kappa shape index (κ2) is 3.44. The van der Waals surface area contributed by atoms with Gasteiger partial charge in [0.25, 0.3) is 0 Å². The van der Waals surface area contributed by atoms with Crippen molar-refractivity contribution in [3.8, 4) is 0 Å². The molecule has 12 heavy (non-hydrogen) atoms. The molecule has 2 fully saturated rings. The summed E-state index contributed by atoms with van der Waals surface area (Å²) in [5, 5.41) is 3.40. The number of carbonyl (C=O) groups is 1. The molecule has 3 heteroatoms. The third-order valence-electron chi connectivity index (χ3n) is 2.77. The third-order valence-corrected chi connectivity index (χ3v) is 2.77. The largest absolute Gasteiger partial charge is 0.327 e. The van der Waals surface area contributed by atoms with Crippen molar-refractivity contribution in [2.45, 2.75) is 38.3 Å². The summed E-state index contributed by atoms with van der Waals surface area (Å²) in [5.74, 6) is 0.342. The smallest absolute Gasteiger partial charge is 0.223 e. The van der Waals surface area contributed by atoms with E-state index in [1.165, 1.54) is 12.8 Å². The molecule has 0 radical (unpaired) electrons. The SMILES string of the molecule is O=C1CCCN1C1CCCCN1. The third kappa shape index (κ3) is 1.46. The lowest BCUT2D eigenvalue weighted by Crippen LogP contribution is -2.48. The first-order chi connectivity index (χ1) is 5.88. The van der Waals surface area contributed by atoms with Crippen molar-refractivity contribution < 1.29 is 4.79 Å². The summed E-state index contributed by atoms with van der Waals surface area (Å²) in [6.07, 6.45) is 5.84. The number of hydrogen-bond donors (Lipinski definition) is 1. The summed E-state index contributed by atoms with van der Waals surface area (Å²) in [6.45, 7) is 2.05. The molecule has 0 aromatic carbocycles. The number of hydrogen-bond acceptors (Lipinski definition) is 2. The van der Waals surface area contributed by atoms with E-state index in [9.17, 15) is 4.79 Å². The Morgan fingerprint density at radius 1 is 1.33 bits per heavy atom. The Kier molecular flexibility index (Phi) is 2.30. The monoisotopic (exact) mass is 168 g/mol. The van der Waals surface area contributed by atoms with Crippen LogP contribution in [0, 0.1) is 0 Å². The molecule has 2 rings (SSSR count). The predicted octanol–water partition coefficient (Wildman–Crippen LogP) is 0.708. The Morgan fingerprint density at radius 2 is 2.25 bits per heavy atom. The number of nitrogens with one attached hydrogen (secondary N) is 1. The van der Waals surface area contributed by atoms with Gasteiger partial charge in [0, 0.05) is 13.0 Å². The van der Waals surface area contributed by atoms with E-state index in [1.807, 2.05) is 4.90 Å². The normalized spacial score (nSPS) is 31.2. The molecule has 0 aromatic rings. The molecule has 68 valence electrons. The van der Waals surface area contributed by atoms with E-state index in [4.69, 9.17) is 0 Å². The van der Waals surface area contributed by atoms with Crippen LogP contribution in [0.5, 0.6) is 0 Å². The Labute approximate surface area is 73.1 Å². The van der Waals surface area contributed by atoms with Gasteiger partial charge in [0.05, 0.1) is 6.17 Å². The minimum absolute atomic E-state index is 0.342. The van der Waals surface area contributed by atoms with Crippen LogP contribution in [-0.4, -0.2) is 30.1 Å². The molecule has 0 saturated carbocycles. The number of likely N-dealkylation sites (tertiary alicyclic amines) is 1. The van der Waals surface area contributed by atoms with Crippen molar-refractivity contribution in [1.82, 2.24) is 10.2 Å². The number of amides is 1. The van der Waals surface area contributed by atoms with Crippen molar-refractivity contribution in [2.24, 2.45) is 0 Å². The average Bonchev–Trinajstić information content (AvgIpc) is 2.53. The quantitative estimate of drug-likeness (QED) is 0.625. The van der Waals surface area contributed by atoms with E-state index in [1.54, 1.807) is 0 Å². The average molecular weight is 168 g/mol. The van der Waals surface area contributed by atoms with E-state index in [0.29, 0.717) is 12.1 Å². The fourth-order valence-electron chi connectivity index (χ4n) is 2.10. The zero-order valence-corrected chi connectivity index (χ0v) is 7.38. The Morgan fingerprint density at radius 3 is 2.83 bits per heavy atom. The summed E-state index contributed by atoms with van der Waals surface area (Å²) in [7, 11) is 0. The van der Waals surface area contributed by atoms with Crippen LogP contribution in [0.25, 0.3) is 0 Å². The minimum Gasteiger partial charge on any atom is -0.327 e. The second-order valence-electron chi connectivity index (χ2n) is 3.66. The van der Waals surface area contributed by atoms with Crippen molar-refractivity contribution in [2.75, 3.05) is 13.1 Å². The van der Waals surface area contributed by atoms with Gasteiger partial charge in [-0.2, -0.15) is 0 Å². The minimum atomic E-state index is 0.342. The molecule has 1 N–H and O–H groups in total. The molecule has 1 unspecified atom stereocenters. The molecule has 0 aliphatic carbocycles. The Hall–Kier alpha value is -0.570. The molecule has 0 aromatic heterocycles. The molecule has 3 nitrogen and oxygen atoms in total. The number of nitrogens with zero attached hydrogens (tertiary/aromatic N) is 1. The molecule has 1 amide bonds. The fourth-order valence-corrected chi connectivity index (χ4v) is 2.10. The number of piperidine rings is 1. The van der Waals surface area contributed by atoms with Gasteiger partial charge in [-0.3, -0.25) is 10.1 Å². The molecule has 0 bridgehead atoms. The van der Waals surface area contributed by atoms with Gasteiger partial charge in [-0.1, -0.05) is 0 Å². The fraction of sp³-hybridized carbons (Fsp3) is 0.889. The molecular formula is C9H16N2O. The molecule has 2 heterocycles. The Bertz CT molecular complexity index is 175. The van der Waals surface area contributed by atoms with Crippen molar-refractivity contribution >= 4 is 5.91 Å². The van der Waals surface area contributed by atoms with Crippen molar-refractivity contribution in [3.05, 3.63) is 0 Å². The van der Waals surface area contributed by atoms with E-state index in [2.05, 4.69) is 5.32 Å². The maximum atomic E-state index is 11.4. The van der Waals surface area contributed by atoms with Gasteiger partial charge in [0.2, 0.25) is 5.91 Å². The van der Waals surface area contributed by atoms with Gasteiger partial charge in [0.1, 0.15) is 0 Å². The topological polar surface area (TPSA) is 32.3 Å². The van der Waals surface area contributed by atoms with E-state index >= 15 is 0 Å². The van der Waals surface area contributed by atoms with Crippen LogP contribution < -0.4 is 5.32 Å². The molecule has 2 saturated heterocycles. The van der Waals surface area contributed by atoms with Crippen molar-refractivity contribution in [3.63, 3.8) is 0 Å². The molecule has 0 spiro atoms. The van der Waals surface area contributed by atoms with Gasteiger partial charge in [-0.25, -0.2) is 0 Å². The van der Waals surface area contributed by atoms with E-state index in [0.717, 1.165) is 32.4 Å². The molecular weight excluding hydrogens is 152 g/mol. The van der Waals surface area contributed by atoms with Gasteiger partial charge >= 0.3 is 0 Å². The van der Waals surface area contributed by atoms with Crippen LogP contribution in [0.4, 0.5) is 0 Å². The Balaban J connectivity index is 1.93. The molecule has 2 aliphatic rings. The van der Waals surface area contributed by atoms with Crippen LogP contribution in [-0.2, 0) is 4.79 Å². The summed E-state index contributed by atoms with van der Waals surface area (Å²) >= 11 is 0. The molecule has 2 aliphatic heterocycles. The highest BCUT2D eigenvalue weighted by atomic mass is 16.2. The van der Waals surface area contributed by atoms with Gasteiger partial charge in [0.15, 0.2) is 0 Å². The maximum absolute atomic E-state index is 11.4. The lowest BCUT2D eigenvalue weighted by molar-refractivity contribution is -0.130. The van der Waals surface area contributed by atoms with Crippen LogP contribution in [0.1, 0.15) is 32.1 Å². The van der Waals surface area contributed by atoms with Crippen LogP contribution >= 0.6 is 0 Å². The standard InChI is InChI=1S/C9H16N2O/c12-9-5-3-7-11(9)8-4-1-2-6-10-8/h8,10H,1-7H2.